The highest BCUT2D eigenvalue weighted by molar-refractivity contribution is 7.90. The molecule has 9 heavy (non-hydrogen) atoms. The van der Waals surface area contributed by atoms with Crippen molar-refractivity contribution in [2.24, 2.45) is 0 Å². The fourth-order valence-corrected chi connectivity index (χ4v) is 1.32. The molecule has 0 saturated carbocycles. The lowest BCUT2D eigenvalue weighted by atomic mass is 10.5. The quantitative estimate of drug-likeness (QED) is 0.478. The fourth-order valence-electron chi connectivity index (χ4n) is 0.511. The molecule has 1 aliphatic rings. The minimum absolute atomic E-state index is 0.0985. The van der Waals surface area contributed by atoms with Crippen molar-refractivity contribution in [3.8, 4) is 0 Å². The van der Waals surface area contributed by atoms with Crippen LogP contribution in [0, 0.1) is 0 Å². The Bertz CT molecular complexity index is 251. The molecule has 50 valence electrons. The number of carbonyl (C=O) groups is 1. The first kappa shape index (κ1) is 6.28. The summed E-state index contributed by atoms with van der Waals surface area (Å²) >= 11 is 0. The van der Waals surface area contributed by atoms with Crippen molar-refractivity contribution in [3.05, 3.63) is 12.2 Å². The third-order valence-corrected chi connectivity index (χ3v) is 1.98. The number of amides is 1. The highest BCUT2D eigenvalue weighted by Gasteiger charge is 2.14. The molecule has 0 saturated heterocycles. The Balaban J connectivity index is 2.94. The molecule has 1 aliphatic heterocycles. The number of nitrogens with one attached hydrogen (secondary N) is 1. The molecule has 5 heteroatoms. The van der Waals surface area contributed by atoms with Gasteiger partial charge in [-0.05, 0) is 0 Å². The normalized spacial score (nSPS) is 23.3. The van der Waals surface area contributed by atoms with E-state index >= 15 is 0 Å². The van der Waals surface area contributed by atoms with Crippen LogP contribution in [-0.2, 0) is 14.8 Å². The lowest BCUT2D eigenvalue weighted by Crippen LogP contribution is -2.33. The molecular formula is C4H5NO3S. The minimum atomic E-state index is -3.32. The fraction of sp³-hybridized carbons (Fsp3) is 0.250. The SMILES string of the molecule is O=C1C=CCS(=O)(=O)N1. The molecule has 0 spiro atoms. The van der Waals surface area contributed by atoms with Crippen molar-refractivity contribution in [1.82, 2.24) is 4.72 Å². The van der Waals surface area contributed by atoms with Crippen LogP contribution in [0.15, 0.2) is 12.2 Å². The van der Waals surface area contributed by atoms with Gasteiger partial charge in [0.05, 0.1) is 5.75 Å². The predicted octanol–water partition coefficient (Wildman–Crippen LogP) is -0.998. The molecule has 1 N–H and O–H groups in total. The second-order valence-electron chi connectivity index (χ2n) is 1.65. The molecule has 0 aliphatic carbocycles. The van der Waals surface area contributed by atoms with Crippen molar-refractivity contribution < 1.29 is 13.2 Å². The van der Waals surface area contributed by atoms with Crippen LogP contribution in [-0.4, -0.2) is 20.1 Å². The zero-order chi connectivity index (χ0) is 6.91. The maximum atomic E-state index is 10.5. The van der Waals surface area contributed by atoms with E-state index in [-0.39, 0.29) is 5.75 Å². The Hall–Kier alpha value is -0.840. The molecule has 0 aromatic rings. The van der Waals surface area contributed by atoms with Gasteiger partial charge in [-0.1, -0.05) is 6.08 Å². The van der Waals surface area contributed by atoms with Gasteiger partial charge in [0.1, 0.15) is 0 Å². The maximum absolute atomic E-state index is 10.5. The van der Waals surface area contributed by atoms with Crippen molar-refractivity contribution in [2.75, 3.05) is 5.75 Å². The standard InChI is InChI=1S/C4H5NO3S/c6-4-2-1-3-9(7,8)5-4/h1-2H,3H2,(H,5,6). The largest absolute Gasteiger partial charge is 0.269 e. The molecule has 0 unspecified atom stereocenters. The topological polar surface area (TPSA) is 63.2 Å². The molecule has 0 fully saturated rings. The molecule has 0 atom stereocenters. The number of carbonyl (C=O) groups excluding carboxylic acids is 1. The summed E-state index contributed by atoms with van der Waals surface area (Å²) in [6, 6.07) is 0. The Kier molecular flexibility index (Phi) is 1.28. The summed E-state index contributed by atoms with van der Waals surface area (Å²) in [5, 5.41) is 0. The second-order valence-corrected chi connectivity index (χ2v) is 3.42. The van der Waals surface area contributed by atoms with Gasteiger partial charge in [-0.25, -0.2) is 13.1 Å². The maximum Gasteiger partial charge on any atom is 0.257 e. The third kappa shape index (κ3) is 1.53. The van der Waals surface area contributed by atoms with E-state index in [0.717, 1.165) is 0 Å². The lowest BCUT2D eigenvalue weighted by Gasteiger charge is -2.04. The van der Waals surface area contributed by atoms with Crippen LogP contribution in [0.5, 0.6) is 0 Å². The highest BCUT2D eigenvalue weighted by Crippen LogP contribution is 1.92. The number of hydrogen-bond donors (Lipinski definition) is 1. The predicted molar refractivity (Wildman–Crippen MR) is 31.1 cm³/mol. The molecule has 0 bridgehead atoms. The van der Waals surface area contributed by atoms with Crippen molar-refractivity contribution in [1.29, 1.82) is 0 Å². The van der Waals surface area contributed by atoms with E-state index in [1.807, 2.05) is 0 Å². The second kappa shape index (κ2) is 1.84. The first-order valence-corrected chi connectivity index (χ1v) is 3.96. The summed E-state index contributed by atoms with van der Waals surface area (Å²) in [5.74, 6) is -0.667. The number of rotatable bonds is 0. The average molecular weight is 147 g/mol. The summed E-state index contributed by atoms with van der Waals surface area (Å²) < 4.78 is 22.8. The summed E-state index contributed by atoms with van der Waals surface area (Å²) in [6.07, 6.45) is 2.51. The van der Waals surface area contributed by atoms with E-state index in [0.29, 0.717) is 0 Å². The van der Waals surface area contributed by atoms with Crippen LogP contribution in [0.3, 0.4) is 0 Å². The van der Waals surface area contributed by atoms with Gasteiger partial charge in [-0.15, -0.1) is 0 Å². The van der Waals surface area contributed by atoms with Crippen LogP contribution in [0.1, 0.15) is 0 Å². The van der Waals surface area contributed by atoms with Gasteiger partial charge in [-0.2, -0.15) is 0 Å². The van der Waals surface area contributed by atoms with Gasteiger partial charge in [0.15, 0.2) is 0 Å². The molecule has 4 nitrogen and oxygen atoms in total. The van der Waals surface area contributed by atoms with Crippen LogP contribution in [0.25, 0.3) is 0 Å². The molecule has 0 radical (unpaired) electrons. The molecule has 0 aromatic carbocycles. The Morgan fingerprint density at radius 2 is 2.22 bits per heavy atom. The van der Waals surface area contributed by atoms with Gasteiger partial charge < -0.3 is 0 Å². The first-order chi connectivity index (χ1) is 4.10. The molecule has 0 aromatic heterocycles. The van der Waals surface area contributed by atoms with E-state index < -0.39 is 15.9 Å². The smallest absolute Gasteiger partial charge is 0.257 e. The summed E-state index contributed by atoms with van der Waals surface area (Å²) in [6.45, 7) is 0. The van der Waals surface area contributed by atoms with Crippen molar-refractivity contribution >= 4 is 15.9 Å². The number of hydrogen-bond acceptors (Lipinski definition) is 3. The van der Waals surface area contributed by atoms with Gasteiger partial charge in [0.2, 0.25) is 10.0 Å². The minimum Gasteiger partial charge on any atom is -0.269 e. The average Bonchev–Trinajstić information content (AvgIpc) is 1.60. The van der Waals surface area contributed by atoms with Crippen molar-refractivity contribution in [3.63, 3.8) is 0 Å². The van der Waals surface area contributed by atoms with Crippen LogP contribution in [0.4, 0.5) is 0 Å². The van der Waals surface area contributed by atoms with E-state index in [1.54, 1.807) is 4.72 Å². The van der Waals surface area contributed by atoms with Gasteiger partial charge in [0, 0.05) is 6.08 Å². The first-order valence-electron chi connectivity index (χ1n) is 2.31. The van der Waals surface area contributed by atoms with E-state index in [4.69, 9.17) is 0 Å². The van der Waals surface area contributed by atoms with Gasteiger partial charge in [-0.3, -0.25) is 4.79 Å². The Morgan fingerprint density at radius 3 is 2.56 bits per heavy atom. The monoisotopic (exact) mass is 147 g/mol. The van der Waals surface area contributed by atoms with Crippen LogP contribution >= 0.6 is 0 Å². The summed E-state index contributed by atoms with van der Waals surface area (Å²) in [5.41, 5.74) is 0. The van der Waals surface area contributed by atoms with Gasteiger partial charge in [0.25, 0.3) is 5.91 Å². The molecule has 1 heterocycles. The van der Waals surface area contributed by atoms with Crippen LogP contribution < -0.4 is 4.72 Å². The van der Waals surface area contributed by atoms with E-state index in [1.165, 1.54) is 12.2 Å². The van der Waals surface area contributed by atoms with Crippen LogP contribution in [0.2, 0.25) is 0 Å². The molecule has 1 rings (SSSR count). The van der Waals surface area contributed by atoms with Gasteiger partial charge >= 0.3 is 0 Å². The molecular weight excluding hydrogens is 142 g/mol. The lowest BCUT2D eigenvalue weighted by molar-refractivity contribution is -0.114. The summed E-state index contributed by atoms with van der Waals surface area (Å²) in [7, 11) is -3.32. The van der Waals surface area contributed by atoms with Crippen molar-refractivity contribution in [2.45, 2.75) is 0 Å². The highest BCUT2D eigenvalue weighted by atomic mass is 32.2. The Morgan fingerprint density at radius 1 is 1.56 bits per heavy atom. The number of sulfonamides is 1. The summed E-state index contributed by atoms with van der Waals surface area (Å²) in [4.78, 5) is 10.3. The van der Waals surface area contributed by atoms with E-state index in [9.17, 15) is 13.2 Å². The molecule has 1 amide bonds. The third-order valence-electron chi connectivity index (χ3n) is 0.841. The zero-order valence-corrected chi connectivity index (χ0v) is 5.31. The van der Waals surface area contributed by atoms with E-state index in [2.05, 4.69) is 0 Å². The Labute approximate surface area is 52.6 Å². The zero-order valence-electron chi connectivity index (χ0n) is 4.49.